The molecule has 3 aromatic rings. The van der Waals surface area contributed by atoms with Crippen molar-refractivity contribution in [3.05, 3.63) is 62.6 Å². The Morgan fingerprint density at radius 1 is 1.24 bits per heavy atom. The maximum atomic E-state index is 11.3. The zero-order valence-electron chi connectivity index (χ0n) is 15.3. The number of nitrogens with one attached hydrogen (secondary N) is 1. The van der Waals surface area contributed by atoms with Gasteiger partial charge in [-0.3, -0.25) is 10.1 Å². The van der Waals surface area contributed by atoms with Crippen LogP contribution >= 0.6 is 27.7 Å². The highest BCUT2D eigenvalue weighted by atomic mass is 79.9. The van der Waals surface area contributed by atoms with Gasteiger partial charge in [-0.15, -0.1) is 10.2 Å². The summed E-state index contributed by atoms with van der Waals surface area (Å²) in [7, 11) is 0. The monoisotopic (exact) mass is 473 g/mol. The highest BCUT2D eigenvalue weighted by Crippen LogP contribution is 2.41. The number of fused-ring (bicyclic) bond motifs is 3. The maximum Gasteiger partial charge on any atom is 0.271 e. The second-order valence-electron chi connectivity index (χ2n) is 6.28. The Hall–Kier alpha value is -2.72. The fourth-order valence-corrected chi connectivity index (χ4v) is 3.74. The quantitative estimate of drug-likeness (QED) is 0.305. The molecule has 1 aliphatic heterocycles. The molecule has 10 heteroatoms. The summed E-state index contributed by atoms with van der Waals surface area (Å²) in [5.41, 5.74) is 2.46. The van der Waals surface area contributed by atoms with Gasteiger partial charge in [0.05, 0.1) is 10.6 Å². The molecule has 0 spiro atoms. The maximum absolute atomic E-state index is 11.3. The summed E-state index contributed by atoms with van der Waals surface area (Å²) in [4.78, 5) is 15.4. The summed E-state index contributed by atoms with van der Waals surface area (Å²) >= 11 is 4.93. The molecule has 0 saturated carbocycles. The predicted octanol–water partition coefficient (Wildman–Crippen LogP) is 5.21. The summed E-state index contributed by atoms with van der Waals surface area (Å²) in [6.45, 7) is 2.08. The van der Waals surface area contributed by atoms with Gasteiger partial charge in [-0.25, -0.2) is 0 Å². The van der Waals surface area contributed by atoms with Gasteiger partial charge in [-0.1, -0.05) is 46.7 Å². The molecule has 1 atom stereocenters. The van der Waals surface area contributed by atoms with Crippen molar-refractivity contribution in [2.45, 2.75) is 24.7 Å². The van der Waals surface area contributed by atoms with E-state index in [0.29, 0.717) is 28.0 Å². The van der Waals surface area contributed by atoms with E-state index in [2.05, 4.69) is 43.4 Å². The summed E-state index contributed by atoms with van der Waals surface area (Å²) in [6.07, 6.45) is 0.396. The largest absolute Gasteiger partial charge is 0.448 e. The van der Waals surface area contributed by atoms with Crippen LogP contribution in [-0.2, 0) is 0 Å². The minimum atomic E-state index is -0.592. The molecule has 2 heterocycles. The number of rotatable bonds is 5. The SMILES string of the molecule is CCCSc1nnc2c(n1)OC(c1ccc(Br)cc1)Nc1cc([N+](=O)[O-])ccc1-2. The van der Waals surface area contributed by atoms with Crippen molar-refractivity contribution in [2.75, 3.05) is 11.1 Å². The second kappa shape index (κ2) is 8.34. The van der Waals surface area contributed by atoms with Crippen molar-refractivity contribution in [1.82, 2.24) is 15.2 Å². The fourth-order valence-electron chi connectivity index (χ4n) is 2.85. The lowest BCUT2D eigenvalue weighted by Crippen LogP contribution is -2.17. The molecule has 0 amide bonds. The minimum Gasteiger partial charge on any atom is -0.448 e. The van der Waals surface area contributed by atoms with E-state index in [-0.39, 0.29) is 5.69 Å². The molecule has 0 saturated heterocycles. The van der Waals surface area contributed by atoms with Gasteiger partial charge in [0.25, 0.3) is 5.69 Å². The Morgan fingerprint density at radius 2 is 2.03 bits per heavy atom. The first kappa shape index (κ1) is 19.6. The van der Waals surface area contributed by atoms with Gasteiger partial charge < -0.3 is 10.1 Å². The van der Waals surface area contributed by atoms with E-state index in [0.717, 1.165) is 22.2 Å². The van der Waals surface area contributed by atoms with E-state index in [1.165, 1.54) is 23.9 Å². The van der Waals surface area contributed by atoms with E-state index in [1.54, 1.807) is 6.07 Å². The van der Waals surface area contributed by atoms with Gasteiger partial charge in [0.15, 0.2) is 11.9 Å². The topological polar surface area (TPSA) is 103 Å². The van der Waals surface area contributed by atoms with Crippen molar-refractivity contribution in [2.24, 2.45) is 0 Å². The number of hydrogen-bond acceptors (Lipinski definition) is 8. The van der Waals surface area contributed by atoms with E-state index >= 15 is 0 Å². The molecule has 0 radical (unpaired) electrons. The summed E-state index contributed by atoms with van der Waals surface area (Å²) in [5, 5.41) is 23.5. The Bertz CT molecular complexity index is 1060. The van der Waals surface area contributed by atoms with Crippen molar-refractivity contribution in [3.63, 3.8) is 0 Å². The zero-order valence-corrected chi connectivity index (χ0v) is 17.7. The lowest BCUT2D eigenvalue weighted by Gasteiger charge is -2.19. The first-order chi connectivity index (χ1) is 14.0. The summed E-state index contributed by atoms with van der Waals surface area (Å²) < 4.78 is 7.10. The minimum absolute atomic E-state index is 0.0229. The molecule has 148 valence electrons. The van der Waals surface area contributed by atoms with Crippen LogP contribution in [0.4, 0.5) is 11.4 Å². The molecule has 8 nitrogen and oxygen atoms in total. The Morgan fingerprint density at radius 3 is 2.76 bits per heavy atom. The molecule has 1 unspecified atom stereocenters. The summed E-state index contributed by atoms with van der Waals surface area (Å²) in [6, 6.07) is 12.2. The predicted molar refractivity (Wildman–Crippen MR) is 114 cm³/mol. The second-order valence-corrected chi connectivity index (χ2v) is 8.26. The molecule has 1 N–H and O–H groups in total. The molecule has 29 heavy (non-hydrogen) atoms. The molecular weight excluding hydrogens is 458 g/mol. The van der Waals surface area contributed by atoms with E-state index in [1.807, 2.05) is 24.3 Å². The zero-order chi connectivity index (χ0) is 20.4. The molecular formula is C19H16BrN5O3S. The van der Waals surface area contributed by atoms with Crippen LogP contribution in [0.5, 0.6) is 5.88 Å². The van der Waals surface area contributed by atoms with Gasteiger partial charge in [0, 0.05) is 33.5 Å². The number of nitro benzene ring substituents is 1. The third kappa shape index (κ3) is 4.18. The van der Waals surface area contributed by atoms with Crippen molar-refractivity contribution in [1.29, 1.82) is 0 Å². The number of benzene rings is 2. The number of thioether (sulfide) groups is 1. The lowest BCUT2D eigenvalue weighted by molar-refractivity contribution is -0.384. The molecule has 0 bridgehead atoms. The van der Waals surface area contributed by atoms with E-state index in [4.69, 9.17) is 4.74 Å². The van der Waals surface area contributed by atoms with Crippen LogP contribution in [0.1, 0.15) is 25.1 Å². The third-order valence-corrected chi connectivity index (χ3v) is 5.80. The fraction of sp³-hybridized carbons (Fsp3) is 0.211. The average Bonchev–Trinajstić information content (AvgIpc) is 2.88. The smallest absolute Gasteiger partial charge is 0.271 e. The normalized spacial score (nSPS) is 14.8. The van der Waals surface area contributed by atoms with Crippen molar-refractivity contribution >= 4 is 39.1 Å². The average molecular weight is 474 g/mol. The van der Waals surface area contributed by atoms with Gasteiger partial charge in [-0.2, -0.15) is 4.98 Å². The number of halogens is 1. The van der Waals surface area contributed by atoms with Crippen molar-refractivity contribution in [3.8, 4) is 17.1 Å². The first-order valence-electron chi connectivity index (χ1n) is 8.90. The Balaban J connectivity index is 1.82. The number of non-ortho nitro benzene ring substituents is 1. The van der Waals surface area contributed by atoms with Gasteiger partial charge in [0.1, 0.15) is 0 Å². The molecule has 1 aliphatic rings. The molecule has 0 fully saturated rings. The van der Waals surface area contributed by atoms with Crippen LogP contribution in [0.3, 0.4) is 0 Å². The van der Waals surface area contributed by atoms with Gasteiger partial charge in [0.2, 0.25) is 11.0 Å². The summed E-state index contributed by atoms with van der Waals surface area (Å²) in [5.74, 6) is 1.21. The first-order valence-corrected chi connectivity index (χ1v) is 10.7. The van der Waals surface area contributed by atoms with Crippen molar-refractivity contribution < 1.29 is 9.66 Å². The molecule has 2 aromatic carbocycles. The number of nitro groups is 1. The van der Waals surface area contributed by atoms with Crippen LogP contribution in [0.2, 0.25) is 0 Å². The highest BCUT2D eigenvalue weighted by Gasteiger charge is 2.27. The van der Waals surface area contributed by atoms with E-state index in [9.17, 15) is 10.1 Å². The Labute approximate surface area is 179 Å². The number of hydrogen-bond donors (Lipinski definition) is 1. The van der Waals surface area contributed by atoms with Crippen LogP contribution in [-0.4, -0.2) is 25.9 Å². The van der Waals surface area contributed by atoms with Crippen LogP contribution < -0.4 is 10.1 Å². The number of nitrogens with zero attached hydrogens (tertiary/aromatic N) is 4. The highest BCUT2D eigenvalue weighted by molar-refractivity contribution is 9.10. The number of ether oxygens (including phenoxy) is 1. The molecule has 1 aromatic heterocycles. The number of anilines is 1. The van der Waals surface area contributed by atoms with Crippen LogP contribution in [0.25, 0.3) is 11.3 Å². The Kier molecular flexibility index (Phi) is 5.63. The van der Waals surface area contributed by atoms with Gasteiger partial charge >= 0.3 is 0 Å². The molecule has 0 aliphatic carbocycles. The molecule has 4 rings (SSSR count). The van der Waals surface area contributed by atoms with Crippen LogP contribution in [0, 0.1) is 10.1 Å². The number of aromatic nitrogens is 3. The third-order valence-electron chi connectivity index (χ3n) is 4.23. The van der Waals surface area contributed by atoms with Crippen LogP contribution in [0.15, 0.2) is 52.1 Å². The van der Waals surface area contributed by atoms with Gasteiger partial charge in [-0.05, 0) is 24.6 Å². The standard InChI is InChI=1S/C19H16BrN5O3S/c1-2-9-29-19-22-18-16(23-24-19)14-8-7-13(25(26)27)10-15(14)21-17(28-18)11-3-5-12(20)6-4-11/h3-8,10,17,21H,2,9H2,1H3. The lowest BCUT2D eigenvalue weighted by atomic mass is 10.1. The van der Waals surface area contributed by atoms with E-state index < -0.39 is 11.2 Å².